The molecule has 0 aliphatic carbocycles. The zero-order valence-corrected chi connectivity index (χ0v) is 32.0. The highest BCUT2D eigenvalue weighted by Gasteiger charge is 2.30. The van der Waals surface area contributed by atoms with Gasteiger partial charge in [0, 0.05) is 60.5 Å². The molecule has 15 heteroatoms. The molecule has 11 nitrogen and oxygen atoms in total. The Morgan fingerprint density at radius 1 is 0.700 bits per heavy atom. The number of sulfonamides is 1. The van der Waals surface area contributed by atoms with E-state index in [0.717, 1.165) is 24.7 Å². The standard InChI is InChI=1S/C35H37N5O6S2.2BrH/c36-32(41)27-40(33(42)15-5-11-25-38-21-7-1-8-22-38)48(45,46)29-19-17-28(18-20-29)37-35(44)30-13-3-4-14-31(30)47-34(43)16-6-12-26-39-23-9-2-10-24-39;;/h1-4,7-10,13-14,17-24H,5-6,11-12,15-16,25-27H2,(H-2,36,37,41,44);2*1H. The van der Waals surface area contributed by atoms with E-state index in [1.165, 1.54) is 24.3 Å². The lowest BCUT2D eigenvalue weighted by Crippen LogP contribution is -3.00. The minimum atomic E-state index is -4.40. The Hall–Kier alpha value is -3.92. The number of nitrogens with one attached hydrogen (secondary N) is 1. The van der Waals surface area contributed by atoms with E-state index in [4.69, 9.17) is 5.73 Å². The summed E-state index contributed by atoms with van der Waals surface area (Å²) in [6, 6.07) is 23.6. The Balaban J connectivity index is 0.00000433. The summed E-state index contributed by atoms with van der Waals surface area (Å²) < 4.78 is 31.3. The number of nitrogens with zero attached hydrogens (tertiary/aromatic N) is 3. The topological polar surface area (TPSA) is 151 Å². The van der Waals surface area contributed by atoms with Gasteiger partial charge in [0.2, 0.25) is 11.8 Å². The number of hydrogen-bond acceptors (Lipinski definition) is 7. The second-order valence-corrected chi connectivity index (χ2v) is 13.9. The number of aryl methyl sites for hydroxylation is 2. The van der Waals surface area contributed by atoms with E-state index >= 15 is 0 Å². The van der Waals surface area contributed by atoms with E-state index in [9.17, 15) is 27.6 Å². The molecule has 4 aromatic rings. The molecule has 2 aromatic carbocycles. The molecule has 0 saturated carbocycles. The van der Waals surface area contributed by atoms with Crippen LogP contribution in [-0.4, -0.2) is 42.1 Å². The molecule has 0 aliphatic rings. The number of primary amides is 1. The van der Waals surface area contributed by atoms with Crippen LogP contribution in [0.3, 0.4) is 0 Å². The summed E-state index contributed by atoms with van der Waals surface area (Å²) in [7, 11) is -4.40. The van der Waals surface area contributed by atoms with Gasteiger partial charge < -0.3 is 45.0 Å². The number of carbonyl (C=O) groups excluding carboxylic acids is 4. The summed E-state index contributed by atoms with van der Waals surface area (Å²) in [5.74, 6) is -2.17. The van der Waals surface area contributed by atoms with Gasteiger partial charge in [-0.2, -0.15) is 0 Å². The van der Waals surface area contributed by atoms with Crippen LogP contribution >= 0.6 is 11.8 Å². The molecule has 0 fully saturated rings. The van der Waals surface area contributed by atoms with Crippen molar-refractivity contribution in [2.24, 2.45) is 5.73 Å². The van der Waals surface area contributed by atoms with E-state index in [-0.39, 0.29) is 50.4 Å². The van der Waals surface area contributed by atoms with Crippen molar-refractivity contribution in [1.29, 1.82) is 0 Å². The molecule has 3 N–H and O–H groups in total. The van der Waals surface area contributed by atoms with Crippen LogP contribution in [0.25, 0.3) is 0 Å². The Morgan fingerprint density at radius 2 is 1.24 bits per heavy atom. The molecule has 0 unspecified atom stereocenters. The maximum Gasteiger partial charge on any atom is 0.266 e. The van der Waals surface area contributed by atoms with Gasteiger partial charge in [0.25, 0.3) is 15.9 Å². The number of unbranched alkanes of at least 4 members (excludes halogenated alkanes) is 2. The third-order valence-electron chi connectivity index (χ3n) is 7.29. The van der Waals surface area contributed by atoms with Crippen molar-refractivity contribution >= 4 is 50.3 Å². The lowest BCUT2D eigenvalue weighted by Gasteiger charge is -2.21. The minimum Gasteiger partial charge on any atom is -1.00 e. The Morgan fingerprint density at radius 3 is 1.80 bits per heavy atom. The van der Waals surface area contributed by atoms with Crippen molar-refractivity contribution in [3.63, 3.8) is 0 Å². The lowest BCUT2D eigenvalue weighted by atomic mass is 10.2. The van der Waals surface area contributed by atoms with Crippen molar-refractivity contribution in [1.82, 2.24) is 4.31 Å². The van der Waals surface area contributed by atoms with E-state index < -0.39 is 34.3 Å². The van der Waals surface area contributed by atoms with Crippen LogP contribution in [0.2, 0.25) is 0 Å². The van der Waals surface area contributed by atoms with Gasteiger partial charge in [0.05, 0.1) is 10.5 Å². The molecule has 3 amide bonds. The average Bonchev–Trinajstić information content (AvgIpc) is 3.08. The van der Waals surface area contributed by atoms with Gasteiger partial charge in [0.15, 0.2) is 29.9 Å². The molecule has 0 saturated heterocycles. The van der Waals surface area contributed by atoms with Gasteiger partial charge in [-0.25, -0.2) is 21.9 Å². The first-order chi connectivity index (χ1) is 23.1. The predicted molar refractivity (Wildman–Crippen MR) is 181 cm³/mol. The molecule has 266 valence electrons. The summed E-state index contributed by atoms with van der Waals surface area (Å²) in [4.78, 5) is 50.9. The summed E-state index contributed by atoms with van der Waals surface area (Å²) in [6.07, 6.45) is 10.6. The Labute approximate surface area is 317 Å². The van der Waals surface area contributed by atoms with E-state index in [1.54, 1.807) is 24.3 Å². The highest BCUT2D eigenvalue weighted by molar-refractivity contribution is 8.13. The lowest BCUT2D eigenvalue weighted by molar-refractivity contribution is -0.697. The minimum absolute atomic E-state index is 0. The Kier molecular flexibility index (Phi) is 18.0. The zero-order valence-electron chi connectivity index (χ0n) is 27.2. The molecule has 2 aromatic heterocycles. The number of nitrogens with two attached hydrogens (primary N) is 1. The van der Waals surface area contributed by atoms with Crippen molar-refractivity contribution in [3.05, 3.63) is 115 Å². The molecular weight excluding hydrogens is 810 g/mol. The fourth-order valence-corrected chi connectivity index (χ4v) is 7.13. The molecular formula is C35H39Br2N5O6S2. The number of aromatic nitrogens is 2. The molecule has 2 heterocycles. The molecule has 0 aliphatic heterocycles. The molecule has 0 radical (unpaired) electrons. The molecule has 0 spiro atoms. The van der Waals surface area contributed by atoms with Crippen LogP contribution in [0.4, 0.5) is 5.69 Å². The number of hydrogen-bond donors (Lipinski definition) is 2. The highest BCUT2D eigenvalue weighted by atomic mass is 79.9. The number of anilines is 1. The van der Waals surface area contributed by atoms with Crippen LogP contribution in [0.1, 0.15) is 48.9 Å². The van der Waals surface area contributed by atoms with Gasteiger partial charge in [0.1, 0.15) is 19.6 Å². The first-order valence-electron chi connectivity index (χ1n) is 15.6. The third kappa shape index (κ3) is 13.1. The van der Waals surface area contributed by atoms with Gasteiger partial charge in [-0.1, -0.05) is 36.0 Å². The fourth-order valence-electron chi connectivity index (χ4n) is 4.83. The maximum atomic E-state index is 13.4. The van der Waals surface area contributed by atoms with Crippen LogP contribution in [-0.2, 0) is 37.5 Å². The average molecular weight is 850 g/mol. The molecule has 4 rings (SSSR count). The second kappa shape index (κ2) is 21.3. The van der Waals surface area contributed by atoms with Crippen LogP contribution < -0.4 is 54.1 Å². The maximum absolute atomic E-state index is 13.4. The Bertz CT molecular complexity index is 1820. The van der Waals surface area contributed by atoms with Crippen LogP contribution in [0.15, 0.2) is 120 Å². The van der Waals surface area contributed by atoms with Crippen molar-refractivity contribution in [3.8, 4) is 0 Å². The predicted octanol–water partition coefficient (Wildman–Crippen LogP) is -2.12. The largest absolute Gasteiger partial charge is 1.00 e. The normalized spacial score (nSPS) is 10.6. The number of halogens is 2. The van der Waals surface area contributed by atoms with Gasteiger partial charge in [-0.05, 0) is 49.2 Å². The zero-order chi connectivity index (χ0) is 34.4. The van der Waals surface area contributed by atoms with E-state index in [1.807, 2.05) is 65.8 Å². The number of pyridine rings is 2. The van der Waals surface area contributed by atoms with E-state index in [0.29, 0.717) is 52.7 Å². The number of thioether (sulfide) groups is 1. The molecule has 50 heavy (non-hydrogen) atoms. The molecule has 0 atom stereocenters. The first kappa shape index (κ1) is 42.2. The van der Waals surface area contributed by atoms with Crippen LogP contribution in [0.5, 0.6) is 0 Å². The smallest absolute Gasteiger partial charge is 0.266 e. The van der Waals surface area contributed by atoms with E-state index in [2.05, 4.69) is 9.88 Å². The third-order valence-corrected chi connectivity index (χ3v) is 10.1. The van der Waals surface area contributed by atoms with Crippen molar-refractivity contribution < 1.29 is 70.7 Å². The van der Waals surface area contributed by atoms with Gasteiger partial charge in [-0.3, -0.25) is 19.2 Å². The number of amides is 3. The SMILES string of the molecule is NC(=O)CN(C(=O)CCCC[n+]1ccccc1)S(=O)(=O)c1ccc(NC(=O)c2ccccc2SC(=O)CCCC[n+]2ccccc2)cc1.[Br-].[Br-]. The van der Waals surface area contributed by atoms with Crippen LogP contribution in [0, 0.1) is 0 Å². The first-order valence-corrected chi connectivity index (χ1v) is 17.8. The highest BCUT2D eigenvalue weighted by Crippen LogP contribution is 2.27. The number of carbonyl (C=O) groups is 4. The van der Waals surface area contributed by atoms with Crippen molar-refractivity contribution in [2.75, 3.05) is 11.9 Å². The van der Waals surface area contributed by atoms with Gasteiger partial charge >= 0.3 is 0 Å². The summed E-state index contributed by atoms with van der Waals surface area (Å²) >= 11 is 1.02. The summed E-state index contributed by atoms with van der Waals surface area (Å²) in [5.41, 5.74) is 5.90. The fraction of sp³-hybridized carbons (Fsp3) is 0.257. The summed E-state index contributed by atoms with van der Waals surface area (Å²) in [5, 5.41) is 2.69. The quantitative estimate of drug-likeness (QED) is 0.0702. The monoisotopic (exact) mass is 847 g/mol. The second-order valence-electron chi connectivity index (χ2n) is 11.0. The number of rotatable bonds is 17. The number of benzene rings is 2. The van der Waals surface area contributed by atoms with Crippen molar-refractivity contribution in [2.45, 2.75) is 61.4 Å². The molecule has 0 bridgehead atoms. The summed E-state index contributed by atoms with van der Waals surface area (Å²) in [6.45, 7) is 0.677. The van der Waals surface area contributed by atoms with Gasteiger partial charge in [-0.15, -0.1) is 0 Å².